The predicted octanol–water partition coefficient (Wildman–Crippen LogP) is -0.0840. The molecule has 2 saturated heterocycles. The molecule has 1 N–H and O–H groups in total. The Kier molecular flexibility index (Phi) is 4.36. The quantitative estimate of drug-likeness (QED) is 0.776. The van der Waals surface area contributed by atoms with E-state index in [1.807, 2.05) is 0 Å². The van der Waals surface area contributed by atoms with Gasteiger partial charge in [0.15, 0.2) is 9.84 Å². The number of nitrogens with zero attached hydrogens (tertiary/aromatic N) is 1. The summed E-state index contributed by atoms with van der Waals surface area (Å²) in [4.78, 5) is 24.5. The summed E-state index contributed by atoms with van der Waals surface area (Å²) in [6.45, 7) is 1.54. The monoisotopic (exact) mass is 386 g/mol. The summed E-state index contributed by atoms with van der Waals surface area (Å²) in [5, 5.41) is 2.64. The van der Waals surface area contributed by atoms with E-state index in [0.29, 0.717) is 6.42 Å². The Balaban J connectivity index is 1.82. The lowest BCUT2D eigenvalue weighted by Crippen LogP contribution is -2.36. The summed E-state index contributed by atoms with van der Waals surface area (Å²) in [5.74, 6) is -1.99. The molecule has 2 amide bonds. The smallest absolute Gasteiger partial charge is 0.251 e. The van der Waals surface area contributed by atoms with Gasteiger partial charge in [0.1, 0.15) is 0 Å². The maximum atomic E-state index is 12.3. The Labute approximate surface area is 146 Å². The van der Waals surface area contributed by atoms with Crippen LogP contribution in [0.25, 0.3) is 0 Å². The molecule has 2 fully saturated rings. The molecule has 136 valence electrons. The molecule has 2 unspecified atom stereocenters. The van der Waals surface area contributed by atoms with Crippen LogP contribution in [-0.2, 0) is 24.7 Å². The molecule has 1 aromatic carbocycles. The minimum absolute atomic E-state index is 0.0381. The molecule has 10 heteroatoms. The topological polar surface area (TPSA) is 118 Å². The Hall–Kier alpha value is -1.94. The lowest BCUT2D eigenvalue weighted by molar-refractivity contribution is -0.119. The van der Waals surface area contributed by atoms with Gasteiger partial charge in [0.25, 0.3) is 5.91 Å². The van der Waals surface area contributed by atoms with Crippen molar-refractivity contribution in [3.05, 3.63) is 29.8 Å². The maximum absolute atomic E-state index is 12.3. The van der Waals surface area contributed by atoms with Crippen molar-refractivity contribution in [2.75, 3.05) is 21.6 Å². The second-order valence-corrected chi connectivity index (χ2v) is 10.5. The van der Waals surface area contributed by atoms with E-state index in [2.05, 4.69) is 5.32 Å². The lowest BCUT2D eigenvalue weighted by Gasteiger charge is -2.17. The van der Waals surface area contributed by atoms with Crippen molar-refractivity contribution in [3.63, 3.8) is 0 Å². The summed E-state index contributed by atoms with van der Waals surface area (Å²) in [6, 6.07) is 5.29. The van der Waals surface area contributed by atoms with Gasteiger partial charge >= 0.3 is 0 Å². The molecule has 2 atom stereocenters. The fourth-order valence-electron chi connectivity index (χ4n) is 3.04. The van der Waals surface area contributed by atoms with Crippen molar-refractivity contribution in [3.8, 4) is 0 Å². The van der Waals surface area contributed by atoms with E-state index in [4.69, 9.17) is 0 Å². The summed E-state index contributed by atoms with van der Waals surface area (Å²) in [5.41, 5.74) is 0.283. The Bertz CT molecular complexity index is 939. The van der Waals surface area contributed by atoms with Crippen LogP contribution in [0.2, 0.25) is 0 Å². The summed E-state index contributed by atoms with van der Waals surface area (Å²) in [6.07, 6.45) is 0.351. The van der Waals surface area contributed by atoms with Crippen LogP contribution in [0.1, 0.15) is 23.7 Å². The molecule has 2 aliphatic heterocycles. The molecule has 0 radical (unpaired) electrons. The van der Waals surface area contributed by atoms with Gasteiger partial charge in [-0.15, -0.1) is 0 Å². The van der Waals surface area contributed by atoms with Crippen LogP contribution in [0.15, 0.2) is 24.3 Å². The first kappa shape index (κ1) is 17.9. The van der Waals surface area contributed by atoms with E-state index in [1.165, 1.54) is 31.2 Å². The van der Waals surface area contributed by atoms with Crippen LogP contribution in [-0.4, -0.2) is 52.0 Å². The average Bonchev–Trinajstić information content (AvgIpc) is 2.95. The highest BCUT2D eigenvalue weighted by molar-refractivity contribution is 7.94. The van der Waals surface area contributed by atoms with Gasteiger partial charge in [-0.2, -0.15) is 0 Å². The van der Waals surface area contributed by atoms with Crippen molar-refractivity contribution in [1.82, 2.24) is 5.32 Å². The standard InChI is InChI=1S/C15H18N2O6S2/c1-10-8-25(22,23)17(15(10)19)13-4-2-3-11(7-13)14(18)16-12-5-6-24(20,21)9-12/h2-4,7,10,12H,5-6,8-9H2,1H3,(H,16,18). The van der Waals surface area contributed by atoms with E-state index < -0.39 is 43.6 Å². The number of sulfonamides is 1. The van der Waals surface area contributed by atoms with Crippen LogP contribution in [0, 0.1) is 5.92 Å². The average molecular weight is 386 g/mol. The Morgan fingerprint density at radius 3 is 2.48 bits per heavy atom. The van der Waals surface area contributed by atoms with Crippen molar-refractivity contribution < 1.29 is 26.4 Å². The zero-order valence-corrected chi connectivity index (χ0v) is 15.1. The number of amides is 2. The van der Waals surface area contributed by atoms with Gasteiger partial charge in [0, 0.05) is 11.6 Å². The molecule has 0 bridgehead atoms. The molecule has 1 aromatic rings. The van der Waals surface area contributed by atoms with Crippen molar-refractivity contribution >= 4 is 37.4 Å². The minimum atomic E-state index is -3.75. The molecule has 0 saturated carbocycles. The van der Waals surface area contributed by atoms with Crippen molar-refractivity contribution in [2.45, 2.75) is 19.4 Å². The van der Waals surface area contributed by atoms with Gasteiger partial charge < -0.3 is 5.32 Å². The van der Waals surface area contributed by atoms with Crippen LogP contribution in [0.3, 0.4) is 0 Å². The van der Waals surface area contributed by atoms with Crippen LogP contribution in [0.4, 0.5) is 5.69 Å². The summed E-state index contributed by atoms with van der Waals surface area (Å²) in [7, 11) is -6.87. The van der Waals surface area contributed by atoms with Gasteiger partial charge in [0.05, 0.1) is 28.9 Å². The number of benzene rings is 1. The van der Waals surface area contributed by atoms with Gasteiger partial charge in [-0.25, -0.2) is 21.1 Å². The fraction of sp³-hybridized carbons (Fsp3) is 0.467. The van der Waals surface area contributed by atoms with E-state index >= 15 is 0 Å². The first-order valence-electron chi connectivity index (χ1n) is 7.77. The van der Waals surface area contributed by atoms with Crippen LogP contribution >= 0.6 is 0 Å². The Morgan fingerprint density at radius 1 is 1.20 bits per heavy atom. The second kappa shape index (κ2) is 6.10. The molecule has 0 aliphatic carbocycles. The highest BCUT2D eigenvalue weighted by Gasteiger charge is 2.42. The van der Waals surface area contributed by atoms with E-state index in [0.717, 1.165) is 4.31 Å². The largest absolute Gasteiger partial charge is 0.348 e. The first-order valence-corrected chi connectivity index (χ1v) is 11.2. The first-order chi connectivity index (χ1) is 11.6. The normalized spacial score (nSPS) is 27.4. The van der Waals surface area contributed by atoms with E-state index in [9.17, 15) is 26.4 Å². The molecule has 0 aromatic heterocycles. The number of carbonyl (C=O) groups excluding carboxylic acids is 2. The number of carbonyl (C=O) groups is 2. The predicted molar refractivity (Wildman–Crippen MR) is 91.4 cm³/mol. The second-order valence-electron chi connectivity index (χ2n) is 6.41. The molecular weight excluding hydrogens is 368 g/mol. The van der Waals surface area contributed by atoms with Crippen LogP contribution in [0.5, 0.6) is 0 Å². The summed E-state index contributed by atoms with van der Waals surface area (Å²) >= 11 is 0. The zero-order chi connectivity index (χ0) is 18.4. The molecule has 3 rings (SSSR count). The SMILES string of the molecule is CC1CS(=O)(=O)N(c2cccc(C(=O)NC3CCS(=O)(=O)C3)c2)C1=O. The van der Waals surface area contributed by atoms with Gasteiger partial charge in [0.2, 0.25) is 15.9 Å². The molecule has 8 nitrogen and oxygen atoms in total. The third-order valence-electron chi connectivity index (χ3n) is 4.27. The molecule has 2 aliphatic rings. The third-order valence-corrected chi connectivity index (χ3v) is 7.91. The molecule has 25 heavy (non-hydrogen) atoms. The van der Waals surface area contributed by atoms with Gasteiger partial charge in [-0.1, -0.05) is 13.0 Å². The Morgan fingerprint density at radius 2 is 1.92 bits per heavy atom. The van der Waals surface area contributed by atoms with Crippen molar-refractivity contribution in [1.29, 1.82) is 0 Å². The van der Waals surface area contributed by atoms with Gasteiger partial charge in [-0.05, 0) is 24.6 Å². The fourth-order valence-corrected chi connectivity index (χ4v) is 6.52. The highest BCUT2D eigenvalue weighted by atomic mass is 32.2. The lowest BCUT2D eigenvalue weighted by atomic mass is 10.1. The number of anilines is 1. The third kappa shape index (κ3) is 3.54. The van der Waals surface area contributed by atoms with Crippen molar-refractivity contribution in [2.24, 2.45) is 5.92 Å². The summed E-state index contributed by atoms with van der Waals surface area (Å²) < 4.78 is 48.0. The van der Waals surface area contributed by atoms with E-state index in [1.54, 1.807) is 0 Å². The number of hydrogen-bond donors (Lipinski definition) is 1. The molecule has 2 heterocycles. The number of hydrogen-bond acceptors (Lipinski definition) is 6. The number of nitrogens with one attached hydrogen (secondary N) is 1. The van der Waals surface area contributed by atoms with Gasteiger partial charge in [-0.3, -0.25) is 9.59 Å². The van der Waals surface area contributed by atoms with E-state index in [-0.39, 0.29) is 28.5 Å². The minimum Gasteiger partial charge on any atom is -0.348 e. The highest BCUT2D eigenvalue weighted by Crippen LogP contribution is 2.28. The van der Waals surface area contributed by atoms with Crippen LogP contribution < -0.4 is 9.62 Å². The molecule has 0 spiro atoms. The number of rotatable bonds is 3. The number of sulfone groups is 1. The maximum Gasteiger partial charge on any atom is 0.251 e. The zero-order valence-electron chi connectivity index (χ0n) is 13.5. The molecular formula is C15H18N2O6S2.